The lowest BCUT2D eigenvalue weighted by Crippen LogP contribution is -2.29. The summed E-state index contributed by atoms with van der Waals surface area (Å²) in [4.78, 5) is 27.7. The van der Waals surface area contributed by atoms with Gasteiger partial charge in [0.05, 0.1) is 35.9 Å². The van der Waals surface area contributed by atoms with Crippen molar-refractivity contribution in [2.45, 2.75) is 6.04 Å². The fraction of sp³-hybridized carbons (Fsp3) is 0.120. The van der Waals surface area contributed by atoms with Crippen LogP contribution in [0.5, 0.6) is 17.2 Å². The molecule has 4 rings (SSSR count). The van der Waals surface area contributed by atoms with Gasteiger partial charge in [-0.1, -0.05) is 40.9 Å². The van der Waals surface area contributed by atoms with Gasteiger partial charge in [0.15, 0.2) is 17.2 Å². The number of hydrogen-bond donors (Lipinski definition) is 2. The standard InChI is InChI=1S/C25H18Cl3NO6/c1-34-19-8-3-12(11-18(19)30)21-20(22(31)13-9-16(27)24(35-2)17(28)10-13)23(32)25(33)29(21)15-6-4-14(26)5-7-15/h3-11,21,30-31H,1-2H3/b22-20+. The van der Waals surface area contributed by atoms with E-state index in [1.165, 1.54) is 43.4 Å². The number of nitrogens with zero attached hydrogens (tertiary/aromatic N) is 1. The lowest BCUT2D eigenvalue weighted by atomic mass is 9.94. The van der Waals surface area contributed by atoms with Crippen LogP contribution in [0.25, 0.3) is 5.76 Å². The monoisotopic (exact) mass is 533 g/mol. The van der Waals surface area contributed by atoms with Gasteiger partial charge in [-0.25, -0.2) is 0 Å². The molecule has 0 aromatic heterocycles. The van der Waals surface area contributed by atoms with Crippen LogP contribution in [0, 0.1) is 0 Å². The molecule has 1 unspecified atom stereocenters. The summed E-state index contributed by atoms with van der Waals surface area (Å²) in [6.45, 7) is 0. The van der Waals surface area contributed by atoms with Crippen LogP contribution in [0.3, 0.4) is 0 Å². The maximum atomic E-state index is 13.2. The first-order chi connectivity index (χ1) is 16.7. The number of anilines is 1. The lowest BCUT2D eigenvalue weighted by molar-refractivity contribution is -0.132. The molecule has 1 fully saturated rings. The number of aromatic hydroxyl groups is 1. The molecule has 1 aliphatic heterocycles. The average molecular weight is 535 g/mol. The van der Waals surface area contributed by atoms with Crippen LogP contribution >= 0.6 is 34.8 Å². The minimum absolute atomic E-state index is 0.104. The molecule has 1 amide bonds. The van der Waals surface area contributed by atoms with Gasteiger partial charge >= 0.3 is 0 Å². The van der Waals surface area contributed by atoms with Crippen LogP contribution in [0.4, 0.5) is 5.69 Å². The maximum absolute atomic E-state index is 13.2. The van der Waals surface area contributed by atoms with E-state index in [9.17, 15) is 19.8 Å². The number of aliphatic hydroxyl groups excluding tert-OH is 1. The number of Topliss-reactive ketones (excluding diaryl/α,β-unsaturated/α-hetero) is 1. The molecule has 2 N–H and O–H groups in total. The number of halogens is 3. The molecule has 3 aromatic carbocycles. The normalized spacial score (nSPS) is 17.1. The van der Waals surface area contributed by atoms with E-state index >= 15 is 0 Å². The van der Waals surface area contributed by atoms with Crippen LogP contribution in [-0.4, -0.2) is 36.1 Å². The molecule has 3 aromatic rings. The number of carbonyl (C=O) groups excluding carboxylic acids is 2. The highest BCUT2D eigenvalue weighted by Crippen LogP contribution is 2.45. The number of phenolic OH excluding ortho intramolecular Hbond substituents is 1. The number of amides is 1. The van der Waals surface area contributed by atoms with Gasteiger partial charge in [0.1, 0.15) is 5.76 Å². The van der Waals surface area contributed by atoms with Gasteiger partial charge in [-0.05, 0) is 54.1 Å². The molecular formula is C25H18Cl3NO6. The van der Waals surface area contributed by atoms with Crippen molar-refractivity contribution in [3.05, 3.63) is 86.4 Å². The second kappa shape index (κ2) is 9.70. The van der Waals surface area contributed by atoms with E-state index in [2.05, 4.69) is 0 Å². The topological polar surface area (TPSA) is 96.3 Å². The molecule has 35 heavy (non-hydrogen) atoms. The van der Waals surface area contributed by atoms with Crippen molar-refractivity contribution in [1.29, 1.82) is 0 Å². The Labute approximate surface area is 215 Å². The Balaban J connectivity index is 1.97. The van der Waals surface area contributed by atoms with E-state index in [-0.39, 0.29) is 38.4 Å². The van der Waals surface area contributed by atoms with Crippen molar-refractivity contribution in [3.63, 3.8) is 0 Å². The van der Waals surface area contributed by atoms with Crippen molar-refractivity contribution in [1.82, 2.24) is 0 Å². The highest BCUT2D eigenvalue weighted by molar-refractivity contribution is 6.52. The molecule has 0 radical (unpaired) electrons. The second-order valence-electron chi connectivity index (χ2n) is 7.55. The molecule has 7 nitrogen and oxygen atoms in total. The Bertz CT molecular complexity index is 1350. The number of benzene rings is 3. The van der Waals surface area contributed by atoms with Crippen molar-refractivity contribution < 1.29 is 29.3 Å². The highest BCUT2D eigenvalue weighted by Gasteiger charge is 2.47. The van der Waals surface area contributed by atoms with Gasteiger partial charge < -0.3 is 19.7 Å². The number of rotatable bonds is 5. The average Bonchev–Trinajstić information content (AvgIpc) is 3.09. The van der Waals surface area contributed by atoms with E-state index in [4.69, 9.17) is 44.3 Å². The van der Waals surface area contributed by atoms with Gasteiger partial charge in [0, 0.05) is 16.3 Å². The first-order valence-corrected chi connectivity index (χ1v) is 11.3. The van der Waals surface area contributed by atoms with Gasteiger partial charge in [-0.2, -0.15) is 0 Å². The Morgan fingerprint density at radius 1 is 0.914 bits per heavy atom. The highest BCUT2D eigenvalue weighted by atomic mass is 35.5. The smallest absolute Gasteiger partial charge is 0.300 e. The predicted molar refractivity (Wildman–Crippen MR) is 134 cm³/mol. The largest absolute Gasteiger partial charge is 0.507 e. The minimum atomic E-state index is -1.09. The van der Waals surface area contributed by atoms with Gasteiger partial charge in [-0.3, -0.25) is 14.5 Å². The van der Waals surface area contributed by atoms with Gasteiger partial charge in [0.2, 0.25) is 0 Å². The first kappa shape index (κ1) is 24.7. The molecule has 0 bridgehead atoms. The zero-order chi connectivity index (χ0) is 25.4. The predicted octanol–water partition coefficient (Wildman–Crippen LogP) is 6.00. The van der Waals surface area contributed by atoms with E-state index in [0.717, 1.165) is 0 Å². The number of ether oxygens (including phenoxy) is 2. The molecule has 1 saturated heterocycles. The Morgan fingerprint density at radius 2 is 1.54 bits per heavy atom. The maximum Gasteiger partial charge on any atom is 0.300 e. The van der Waals surface area contributed by atoms with E-state index in [0.29, 0.717) is 16.3 Å². The van der Waals surface area contributed by atoms with Crippen LogP contribution in [0.15, 0.2) is 60.2 Å². The third-order valence-corrected chi connectivity index (χ3v) is 6.36. The van der Waals surface area contributed by atoms with Crippen LogP contribution < -0.4 is 14.4 Å². The summed E-state index contributed by atoms with van der Waals surface area (Å²) in [6, 6.07) is 12.4. The van der Waals surface area contributed by atoms with Crippen molar-refractivity contribution in [2.24, 2.45) is 0 Å². The Hall–Kier alpha value is -3.39. The molecular weight excluding hydrogens is 517 g/mol. The molecule has 180 valence electrons. The quantitative estimate of drug-likeness (QED) is 0.237. The summed E-state index contributed by atoms with van der Waals surface area (Å²) in [5.41, 5.74) is 0.607. The zero-order valence-corrected chi connectivity index (χ0v) is 20.6. The number of phenols is 1. The fourth-order valence-corrected chi connectivity index (χ4v) is 4.71. The fourth-order valence-electron chi connectivity index (χ4n) is 3.94. The van der Waals surface area contributed by atoms with E-state index < -0.39 is 23.5 Å². The molecule has 1 atom stereocenters. The van der Waals surface area contributed by atoms with Crippen LogP contribution in [0.1, 0.15) is 17.2 Å². The SMILES string of the molecule is COc1ccc(C2/C(=C(\O)c3cc(Cl)c(OC)c(Cl)c3)C(=O)C(=O)N2c2ccc(Cl)cc2)cc1O. The summed E-state index contributed by atoms with van der Waals surface area (Å²) >= 11 is 18.5. The van der Waals surface area contributed by atoms with Crippen molar-refractivity contribution in [2.75, 3.05) is 19.1 Å². The number of methoxy groups -OCH3 is 2. The lowest BCUT2D eigenvalue weighted by Gasteiger charge is -2.26. The van der Waals surface area contributed by atoms with Crippen LogP contribution in [-0.2, 0) is 9.59 Å². The Kier molecular flexibility index (Phi) is 6.85. The summed E-state index contributed by atoms with van der Waals surface area (Å²) < 4.78 is 10.2. The third kappa shape index (κ3) is 4.38. The van der Waals surface area contributed by atoms with Gasteiger partial charge in [-0.15, -0.1) is 0 Å². The number of aliphatic hydroxyl groups is 1. The number of ketones is 1. The molecule has 1 aliphatic rings. The molecule has 1 heterocycles. The molecule has 0 spiro atoms. The first-order valence-electron chi connectivity index (χ1n) is 10.1. The number of hydrogen-bond acceptors (Lipinski definition) is 6. The molecule has 0 saturated carbocycles. The van der Waals surface area contributed by atoms with E-state index in [1.54, 1.807) is 30.3 Å². The van der Waals surface area contributed by atoms with Gasteiger partial charge in [0.25, 0.3) is 11.7 Å². The Morgan fingerprint density at radius 3 is 2.09 bits per heavy atom. The summed E-state index contributed by atoms with van der Waals surface area (Å²) in [7, 11) is 2.78. The molecule has 0 aliphatic carbocycles. The summed E-state index contributed by atoms with van der Waals surface area (Å²) in [5, 5.41) is 22.3. The zero-order valence-electron chi connectivity index (χ0n) is 18.4. The summed E-state index contributed by atoms with van der Waals surface area (Å²) in [5.74, 6) is -2.11. The second-order valence-corrected chi connectivity index (χ2v) is 8.80. The summed E-state index contributed by atoms with van der Waals surface area (Å²) in [6.07, 6.45) is 0. The van der Waals surface area contributed by atoms with E-state index in [1.807, 2.05) is 0 Å². The number of carbonyl (C=O) groups is 2. The van der Waals surface area contributed by atoms with Crippen molar-refractivity contribution >= 4 is 57.9 Å². The van der Waals surface area contributed by atoms with Crippen LogP contribution in [0.2, 0.25) is 15.1 Å². The third-order valence-electron chi connectivity index (χ3n) is 5.54. The van der Waals surface area contributed by atoms with Crippen molar-refractivity contribution in [3.8, 4) is 17.2 Å². The molecule has 10 heteroatoms. The minimum Gasteiger partial charge on any atom is -0.507 e.